The first kappa shape index (κ1) is 35.6. The fourth-order valence-electron chi connectivity index (χ4n) is 4.90. The van der Waals surface area contributed by atoms with E-state index in [-0.39, 0.29) is 34.9 Å². The van der Waals surface area contributed by atoms with E-state index in [1.165, 1.54) is 18.5 Å². The molecule has 2 N–H and O–H groups in total. The fourth-order valence-corrected chi connectivity index (χ4v) is 9.52. The molecule has 4 heterocycles. The summed E-state index contributed by atoms with van der Waals surface area (Å²) in [5.74, 6) is -0.0798. The van der Waals surface area contributed by atoms with Crippen LogP contribution in [0.3, 0.4) is 0 Å². The Labute approximate surface area is 278 Å². The third kappa shape index (κ3) is 7.19. The zero-order valence-corrected chi connectivity index (χ0v) is 32.0. The average molecular weight is 712 g/mol. The Morgan fingerprint density at radius 2 is 1.67 bits per heavy atom. The van der Waals surface area contributed by atoms with E-state index in [1.807, 2.05) is 4.57 Å². The van der Waals surface area contributed by atoms with E-state index < -0.39 is 54.0 Å². The largest absolute Gasteiger partial charge is 0.408 e. The third-order valence-corrected chi connectivity index (χ3v) is 21.0. The van der Waals surface area contributed by atoms with Crippen LogP contribution in [0.1, 0.15) is 59.4 Å². The van der Waals surface area contributed by atoms with Crippen LogP contribution in [-0.4, -0.2) is 67.7 Å². The van der Waals surface area contributed by atoms with Crippen LogP contribution in [0.4, 0.5) is 10.2 Å². The summed E-state index contributed by atoms with van der Waals surface area (Å²) in [5, 5.41) is -0.186. The summed E-state index contributed by atoms with van der Waals surface area (Å²) in [5.41, 5.74) is 7.80. The summed E-state index contributed by atoms with van der Waals surface area (Å²) >= 11 is 5.76. The lowest BCUT2D eigenvalue weighted by molar-refractivity contribution is -0.0468. The number of halogens is 1. The highest BCUT2D eigenvalue weighted by Gasteiger charge is 2.55. The van der Waals surface area contributed by atoms with Crippen molar-refractivity contribution >= 4 is 52.1 Å². The van der Waals surface area contributed by atoms with E-state index in [0.717, 1.165) is 0 Å². The summed E-state index contributed by atoms with van der Waals surface area (Å²) < 4.78 is 55.3. The van der Waals surface area contributed by atoms with E-state index in [2.05, 4.69) is 82.7 Å². The standard InChI is InChI=1S/C30H47FN5O6PSSi2/c1-29(2,3)45(7,8)41-24-22(16-38-43(44)37-15-21(40-43)19-12-11-13-20(31)14-19)39-28(25(24)42-46(9,10)30(4,5)6)36-18-35-23-26(32)33-17-34-27(23)36/h11-14,17-18,21-22,24-25,28H,15-16H2,1-10H3,(H2,32,33,34)/t21?,22-,24-,25-,28-,43?/m1/s1. The van der Waals surface area contributed by atoms with E-state index in [4.69, 9.17) is 44.7 Å². The van der Waals surface area contributed by atoms with Crippen LogP contribution in [0.15, 0.2) is 36.9 Å². The predicted octanol–water partition coefficient (Wildman–Crippen LogP) is 7.26. The van der Waals surface area contributed by atoms with Crippen LogP contribution >= 0.6 is 6.72 Å². The number of imidazole rings is 1. The monoisotopic (exact) mass is 711 g/mol. The molecule has 6 atom stereocenters. The maximum absolute atomic E-state index is 13.9. The van der Waals surface area contributed by atoms with E-state index in [1.54, 1.807) is 18.5 Å². The minimum absolute atomic E-state index is 0.0318. The molecule has 2 saturated heterocycles. The minimum atomic E-state index is -3.18. The van der Waals surface area contributed by atoms with Crippen molar-refractivity contribution in [1.29, 1.82) is 0 Å². The Hall–Kier alpha value is -1.66. The molecule has 2 aliphatic rings. The number of nitrogen functional groups attached to an aromatic ring is 1. The first-order valence-electron chi connectivity index (χ1n) is 15.5. The molecule has 0 radical (unpaired) electrons. The minimum Gasteiger partial charge on any atom is -0.408 e. The maximum atomic E-state index is 13.9. The molecule has 1 aromatic carbocycles. The lowest BCUT2D eigenvalue weighted by Crippen LogP contribution is -2.54. The SMILES string of the molecule is CC(C)(C)[Si](C)(C)O[C@@H]1[C@H](O[Si](C)(C)C(C)(C)C)[C@@H](COP2(=S)OCC(c3cccc(F)c3)O2)O[C@H]1n1cnc2c(N)ncnc21. The number of nitrogens with zero attached hydrogens (tertiary/aromatic N) is 4. The molecule has 0 bridgehead atoms. The molecule has 0 saturated carbocycles. The van der Waals surface area contributed by atoms with Crippen LogP contribution in [-0.2, 0) is 39.0 Å². The van der Waals surface area contributed by atoms with Gasteiger partial charge in [-0.3, -0.25) is 9.09 Å². The average Bonchev–Trinajstić information content (AvgIpc) is 3.63. The van der Waals surface area contributed by atoms with E-state index in [9.17, 15) is 4.39 Å². The molecule has 16 heteroatoms. The van der Waals surface area contributed by atoms with Gasteiger partial charge in [-0.05, 0) is 65.8 Å². The summed E-state index contributed by atoms with van der Waals surface area (Å²) in [4.78, 5) is 13.1. The molecule has 0 spiro atoms. The van der Waals surface area contributed by atoms with Crippen LogP contribution in [0, 0.1) is 5.82 Å². The fraction of sp³-hybridized carbons (Fsp3) is 0.633. The van der Waals surface area contributed by atoms with Gasteiger partial charge in [0, 0.05) is 0 Å². The second kappa shape index (κ2) is 12.7. The van der Waals surface area contributed by atoms with Gasteiger partial charge in [-0.2, -0.15) is 0 Å². The Balaban J connectivity index is 1.50. The molecular formula is C30H47FN5O6PSSi2. The predicted molar refractivity (Wildman–Crippen MR) is 184 cm³/mol. The van der Waals surface area contributed by atoms with Gasteiger partial charge in [-0.1, -0.05) is 53.7 Å². The van der Waals surface area contributed by atoms with Gasteiger partial charge >= 0.3 is 6.72 Å². The van der Waals surface area contributed by atoms with Crippen LogP contribution in [0.2, 0.25) is 36.3 Å². The molecule has 254 valence electrons. The van der Waals surface area contributed by atoms with Crippen molar-refractivity contribution in [1.82, 2.24) is 19.5 Å². The highest BCUT2D eigenvalue weighted by Crippen LogP contribution is 2.59. The van der Waals surface area contributed by atoms with Crippen LogP contribution in [0.25, 0.3) is 11.2 Å². The van der Waals surface area contributed by atoms with Crippen molar-refractivity contribution in [2.45, 2.75) is 108 Å². The van der Waals surface area contributed by atoms with Gasteiger partial charge in [0.2, 0.25) is 0 Å². The van der Waals surface area contributed by atoms with Crippen LogP contribution in [0.5, 0.6) is 0 Å². The summed E-state index contributed by atoms with van der Waals surface area (Å²) in [6.07, 6.45) is 0.196. The summed E-state index contributed by atoms with van der Waals surface area (Å²) in [7, 11) is -4.76. The second-order valence-electron chi connectivity index (χ2n) is 15.0. The molecule has 0 amide bonds. The number of rotatable bonds is 9. The number of anilines is 1. The molecular weight excluding hydrogens is 665 g/mol. The number of aromatic nitrogens is 4. The maximum Gasteiger partial charge on any atom is 0.328 e. The zero-order chi connectivity index (χ0) is 33.9. The van der Waals surface area contributed by atoms with Gasteiger partial charge in [0.05, 0.1) is 19.5 Å². The number of hydrogen-bond donors (Lipinski definition) is 1. The van der Waals surface area contributed by atoms with Gasteiger partial charge in [-0.25, -0.2) is 19.3 Å². The lowest BCUT2D eigenvalue weighted by atomic mass is 10.1. The molecule has 0 aliphatic carbocycles. The lowest BCUT2D eigenvalue weighted by Gasteiger charge is -2.44. The second-order valence-corrected chi connectivity index (χ2v) is 27.5. The molecule has 2 aromatic heterocycles. The van der Waals surface area contributed by atoms with Gasteiger partial charge in [0.25, 0.3) is 0 Å². The molecule has 2 unspecified atom stereocenters. The molecule has 5 rings (SSSR count). The molecule has 2 aliphatic heterocycles. The van der Waals surface area contributed by atoms with Gasteiger partial charge in [0.1, 0.15) is 42.1 Å². The number of benzene rings is 1. The van der Waals surface area contributed by atoms with E-state index in [0.29, 0.717) is 16.7 Å². The van der Waals surface area contributed by atoms with Crippen molar-refractivity contribution in [3.8, 4) is 0 Å². The quantitative estimate of drug-likeness (QED) is 0.178. The molecule has 3 aromatic rings. The van der Waals surface area contributed by atoms with E-state index >= 15 is 0 Å². The van der Waals surface area contributed by atoms with Gasteiger partial charge in [-0.15, -0.1) is 0 Å². The number of nitrogens with two attached hydrogens (primary N) is 1. The van der Waals surface area contributed by atoms with Crippen LogP contribution < -0.4 is 5.73 Å². The Bertz CT molecular complexity index is 1620. The topological polar surface area (TPSA) is 125 Å². The van der Waals surface area contributed by atoms with Crippen molar-refractivity contribution in [3.63, 3.8) is 0 Å². The summed E-state index contributed by atoms with van der Waals surface area (Å²) in [6, 6.07) is 6.22. The first-order chi connectivity index (χ1) is 21.2. The van der Waals surface area contributed by atoms with Gasteiger partial charge < -0.3 is 28.4 Å². The first-order valence-corrected chi connectivity index (χ1v) is 23.9. The Morgan fingerprint density at radius 3 is 2.30 bits per heavy atom. The Kier molecular flexibility index (Phi) is 9.81. The number of fused-ring (bicyclic) bond motifs is 1. The van der Waals surface area contributed by atoms with Gasteiger partial charge in [0.15, 0.2) is 34.3 Å². The van der Waals surface area contributed by atoms with Crippen molar-refractivity contribution < 1.29 is 31.6 Å². The highest BCUT2D eigenvalue weighted by atomic mass is 32.5. The molecule has 46 heavy (non-hydrogen) atoms. The molecule has 11 nitrogen and oxygen atoms in total. The number of ether oxygens (including phenoxy) is 1. The smallest absolute Gasteiger partial charge is 0.328 e. The zero-order valence-electron chi connectivity index (χ0n) is 28.3. The highest BCUT2D eigenvalue weighted by molar-refractivity contribution is 8.07. The molecule has 2 fully saturated rings. The number of hydrogen-bond acceptors (Lipinski definition) is 11. The van der Waals surface area contributed by atoms with Crippen molar-refractivity contribution in [3.05, 3.63) is 48.3 Å². The van der Waals surface area contributed by atoms with Crippen molar-refractivity contribution in [2.24, 2.45) is 0 Å². The third-order valence-electron chi connectivity index (χ3n) is 9.68. The normalized spacial score (nSPS) is 27.9. The van der Waals surface area contributed by atoms with Crippen molar-refractivity contribution in [2.75, 3.05) is 18.9 Å². The Morgan fingerprint density at radius 1 is 1.02 bits per heavy atom. The summed E-state index contributed by atoms with van der Waals surface area (Å²) in [6.45, 7) is 19.0.